The van der Waals surface area contributed by atoms with E-state index in [9.17, 15) is 14.7 Å². The molecule has 3 N–H and O–H groups in total. The summed E-state index contributed by atoms with van der Waals surface area (Å²) in [5.41, 5.74) is -0.950. The number of carbonyl (C=O) groups is 2. The molecular formula is C11H9O6. The molecule has 0 aliphatic carbocycles. The average molecular weight is 237 g/mol. The van der Waals surface area contributed by atoms with Crippen molar-refractivity contribution < 1.29 is 29.6 Å². The second-order valence-electron chi connectivity index (χ2n) is 3.01. The summed E-state index contributed by atoms with van der Waals surface area (Å²) in [6, 6.07) is 4.66. The van der Waals surface area contributed by atoms with Crippen LogP contribution in [-0.4, -0.2) is 34.4 Å². The number of rotatable bonds is 4. The van der Waals surface area contributed by atoms with E-state index in [0.29, 0.717) is 0 Å². The number of aromatic hydroxyl groups is 1. The van der Waals surface area contributed by atoms with Crippen LogP contribution in [0.15, 0.2) is 18.4 Å². The first-order chi connectivity index (χ1) is 7.99. The van der Waals surface area contributed by atoms with Gasteiger partial charge in [0.1, 0.15) is 16.9 Å². The summed E-state index contributed by atoms with van der Waals surface area (Å²) in [6.45, 7) is 0. The minimum absolute atomic E-state index is 0.167. The highest BCUT2D eigenvalue weighted by Crippen LogP contribution is 2.28. The maximum atomic E-state index is 10.9. The van der Waals surface area contributed by atoms with E-state index in [1.54, 1.807) is 0 Å². The lowest BCUT2D eigenvalue weighted by Crippen LogP contribution is -2.04. The van der Waals surface area contributed by atoms with Crippen molar-refractivity contribution in [2.24, 2.45) is 0 Å². The Morgan fingerprint density at radius 2 is 1.88 bits per heavy atom. The van der Waals surface area contributed by atoms with Crippen molar-refractivity contribution in [1.82, 2.24) is 0 Å². The Bertz CT molecular complexity index is 489. The Balaban J connectivity index is 3.40. The van der Waals surface area contributed by atoms with Crippen LogP contribution in [0, 0.1) is 6.07 Å². The van der Waals surface area contributed by atoms with Crippen LogP contribution in [0.5, 0.6) is 5.75 Å². The number of aromatic carboxylic acids is 1. The summed E-state index contributed by atoms with van der Waals surface area (Å²) >= 11 is 0. The molecule has 1 radical (unpaired) electrons. The SMILES string of the molecule is CO/C=C(\C(=O)O)c1c[c]cc(C(=O)O)c1O. The van der Waals surface area contributed by atoms with Crippen LogP contribution in [0.3, 0.4) is 0 Å². The molecule has 0 saturated heterocycles. The number of carboxylic acid groups (broad SMARTS) is 2. The minimum Gasteiger partial charge on any atom is -0.506 e. The van der Waals surface area contributed by atoms with Gasteiger partial charge >= 0.3 is 11.9 Å². The highest BCUT2D eigenvalue weighted by molar-refractivity contribution is 6.16. The molecule has 0 atom stereocenters. The average Bonchev–Trinajstić information content (AvgIpc) is 2.26. The zero-order valence-corrected chi connectivity index (χ0v) is 8.80. The number of benzene rings is 1. The third kappa shape index (κ3) is 2.54. The van der Waals surface area contributed by atoms with Gasteiger partial charge in [-0.3, -0.25) is 0 Å². The van der Waals surface area contributed by atoms with Crippen molar-refractivity contribution >= 4 is 17.5 Å². The number of hydrogen-bond donors (Lipinski definition) is 3. The quantitative estimate of drug-likeness (QED) is 0.532. The molecular weight excluding hydrogens is 228 g/mol. The molecule has 0 spiro atoms. The van der Waals surface area contributed by atoms with E-state index in [0.717, 1.165) is 12.3 Å². The van der Waals surface area contributed by atoms with Crippen molar-refractivity contribution in [3.63, 3.8) is 0 Å². The predicted octanol–water partition coefficient (Wildman–Crippen LogP) is 0.962. The maximum Gasteiger partial charge on any atom is 0.339 e. The Kier molecular flexibility index (Phi) is 3.71. The fourth-order valence-corrected chi connectivity index (χ4v) is 1.21. The number of ether oxygens (including phenoxy) is 1. The van der Waals surface area contributed by atoms with E-state index in [1.165, 1.54) is 13.2 Å². The monoisotopic (exact) mass is 237 g/mol. The number of phenols is 1. The minimum atomic E-state index is -1.37. The molecule has 0 fully saturated rings. The molecule has 0 amide bonds. The molecule has 0 bridgehead atoms. The molecule has 0 aliphatic rings. The number of aliphatic carboxylic acids is 1. The number of carboxylic acids is 2. The summed E-state index contributed by atoms with van der Waals surface area (Å²) < 4.78 is 4.56. The van der Waals surface area contributed by atoms with Crippen molar-refractivity contribution in [2.75, 3.05) is 7.11 Å². The summed E-state index contributed by atoms with van der Waals surface area (Å²) in [5.74, 6) is -3.36. The van der Waals surface area contributed by atoms with Crippen molar-refractivity contribution in [3.05, 3.63) is 35.6 Å². The molecule has 1 rings (SSSR count). The molecule has 0 aromatic heterocycles. The standard InChI is InChI=1S/C11H9O6/c1-17-5-8(11(15)16)6-3-2-4-7(9(6)12)10(13)14/h3-5,12H,1H3,(H,13,14)(H,15,16)/b8-5-. The molecule has 0 saturated carbocycles. The molecule has 1 aromatic rings. The summed E-state index contributed by atoms with van der Waals surface area (Å²) in [7, 11) is 1.24. The highest BCUT2D eigenvalue weighted by atomic mass is 16.5. The predicted molar refractivity (Wildman–Crippen MR) is 56.5 cm³/mol. The normalized spacial score (nSPS) is 11.0. The van der Waals surface area contributed by atoms with Crippen LogP contribution in [0.25, 0.3) is 5.57 Å². The van der Waals surface area contributed by atoms with Crippen LogP contribution < -0.4 is 0 Å². The van der Waals surface area contributed by atoms with Gasteiger partial charge in [0.25, 0.3) is 0 Å². The van der Waals surface area contributed by atoms with E-state index >= 15 is 0 Å². The molecule has 0 unspecified atom stereocenters. The van der Waals surface area contributed by atoms with E-state index in [1.807, 2.05) is 0 Å². The number of methoxy groups -OCH3 is 1. The van der Waals surface area contributed by atoms with Gasteiger partial charge in [-0.1, -0.05) is 0 Å². The van der Waals surface area contributed by atoms with Crippen LogP contribution >= 0.6 is 0 Å². The first-order valence-electron chi connectivity index (χ1n) is 4.42. The van der Waals surface area contributed by atoms with Gasteiger partial charge < -0.3 is 20.1 Å². The van der Waals surface area contributed by atoms with Gasteiger partial charge in [0.2, 0.25) is 0 Å². The molecule has 0 aliphatic heterocycles. The van der Waals surface area contributed by atoms with E-state index in [4.69, 9.17) is 10.2 Å². The highest BCUT2D eigenvalue weighted by Gasteiger charge is 2.19. The van der Waals surface area contributed by atoms with Crippen LogP contribution in [0.2, 0.25) is 0 Å². The summed E-state index contributed by atoms with van der Waals surface area (Å²) in [5, 5.41) is 27.3. The van der Waals surface area contributed by atoms with Crippen molar-refractivity contribution in [3.8, 4) is 5.75 Å². The number of hydrogen-bond acceptors (Lipinski definition) is 4. The zero-order valence-electron chi connectivity index (χ0n) is 8.80. The Morgan fingerprint density at radius 3 is 2.35 bits per heavy atom. The van der Waals surface area contributed by atoms with Crippen molar-refractivity contribution in [1.29, 1.82) is 0 Å². The maximum absolute atomic E-state index is 10.9. The zero-order chi connectivity index (χ0) is 13.0. The second-order valence-corrected chi connectivity index (χ2v) is 3.01. The second kappa shape index (κ2) is 5.02. The molecule has 89 valence electrons. The summed E-state index contributed by atoms with van der Waals surface area (Å²) in [4.78, 5) is 21.6. The first-order valence-corrected chi connectivity index (χ1v) is 4.42. The van der Waals surface area contributed by atoms with Gasteiger partial charge in [0.15, 0.2) is 0 Å². The lowest BCUT2D eigenvalue weighted by Gasteiger charge is -2.07. The smallest absolute Gasteiger partial charge is 0.339 e. The van der Waals surface area contributed by atoms with E-state index in [-0.39, 0.29) is 11.1 Å². The fourth-order valence-electron chi connectivity index (χ4n) is 1.21. The van der Waals surface area contributed by atoms with E-state index in [2.05, 4.69) is 10.8 Å². The summed E-state index contributed by atoms with van der Waals surface area (Å²) in [6.07, 6.45) is 0.900. The van der Waals surface area contributed by atoms with Crippen LogP contribution in [-0.2, 0) is 9.53 Å². The van der Waals surface area contributed by atoms with Gasteiger partial charge in [0.05, 0.1) is 13.4 Å². The van der Waals surface area contributed by atoms with Gasteiger partial charge in [0, 0.05) is 5.56 Å². The first kappa shape index (κ1) is 12.6. The topological polar surface area (TPSA) is 104 Å². The van der Waals surface area contributed by atoms with Crippen LogP contribution in [0.4, 0.5) is 0 Å². The molecule has 1 aromatic carbocycles. The van der Waals surface area contributed by atoms with Gasteiger partial charge in [-0.25, -0.2) is 9.59 Å². The van der Waals surface area contributed by atoms with Gasteiger partial charge in [-0.05, 0) is 18.2 Å². The Hall–Kier alpha value is -2.50. The fraction of sp³-hybridized carbons (Fsp3) is 0.0909. The Labute approximate surface area is 96.4 Å². The Morgan fingerprint density at radius 1 is 1.29 bits per heavy atom. The lowest BCUT2D eigenvalue weighted by atomic mass is 10.0. The third-order valence-electron chi connectivity index (χ3n) is 1.95. The third-order valence-corrected chi connectivity index (χ3v) is 1.95. The molecule has 6 nitrogen and oxygen atoms in total. The molecule has 6 heteroatoms. The largest absolute Gasteiger partial charge is 0.506 e. The van der Waals surface area contributed by atoms with E-state index < -0.39 is 23.3 Å². The lowest BCUT2D eigenvalue weighted by molar-refractivity contribution is -0.130. The van der Waals surface area contributed by atoms with Crippen LogP contribution in [0.1, 0.15) is 15.9 Å². The van der Waals surface area contributed by atoms with Crippen molar-refractivity contribution in [2.45, 2.75) is 0 Å². The molecule has 0 heterocycles. The molecule has 17 heavy (non-hydrogen) atoms. The van der Waals surface area contributed by atoms with Gasteiger partial charge in [-0.2, -0.15) is 0 Å². The van der Waals surface area contributed by atoms with Gasteiger partial charge in [-0.15, -0.1) is 0 Å².